The maximum Gasteiger partial charge on any atom is 0.286 e. The van der Waals surface area contributed by atoms with Gasteiger partial charge in [0.15, 0.2) is 12.6 Å². The molecule has 1 aromatic rings. The van der Waals surface area contributed by atoms with E-state index in [1.807, 2.05) is 0 Å². The number of carbonyl (C=O) groups is 1. The van der Waals surface area contributed by atoms with E-state index in [1.54, 1.807) is 24.3 Å². The topological polar surface area (TPSA) is 90.7 Å². The lowest BCUT2D eigenvalue weighted by molar-refractivity contribution is -0.119. The summed E-state index contributed by atoms with van der Waals surface area (Å²) in [6.45, 7) is -0.248. The minimum atomic E-state index is -0.560. The Morgan fingerprint density at radius 1 is 1.40 bits per heavy atom. The Labute approximate surface area is 91.7 Å². The van der Waals surface area contributed by atoms with Crippen LogP contribution >= 0.6 is 11.6 Å². The highest BCUT2D eigenvalue weighted by atomic mass is 35.5. The van der Waals surface area contributed by atoms with Crippen molar-refractivity contribution in [1.29, 1.82) is 0 Å². The lowest BCUT2D eigenvalue weighted by Crippen LogP contribution is -2.25. The minimum absolute atomic E-state index is 0.248. The van der Waals surface area contributed by atoms with Crippen molar-refractivity contribution in [2.45, 2.75) is 0 Å². The van der Waals surface area contributed by atoms with Crippen molar-refractivity contribution in [1.82, 2.24) is 0 Å². The highest BCUT2D eigenvalue weighted by Gasteiger charge is 2.03. The summed E-state index contributed by atoms with van der Waals surface area (Å²) in [5.74, 6) is -0.434. The Kier molecular flexibility index (Phi) is 3.93. The second-order valence-electron chi connectivity index (χ2n) is 2.65. The summed E-state index contributed by atoms with van der Waals surface area (Å²) in [6.07, 6.45) is 0. The van der Waals surface area contributed by atoms with Gasteiger partial charge in [0, 0.05) is 0 Å². The molecule has 0 aliphatic heterocycles. The molecular formula is C9H10ClN3O2. The van der Waals surface area contributed by atoms with Gasteiger partial charge in [-0.15, -0.1) is 0 Å². The quantitative estimate of drug-likeness (QED) is 0.582. The highest BCUT2D eigenvalue weighted by molar-refractivity contribution is 6.32. The Morgan fingerprint density at radius 2 is 2.07 bits per heavy atom. The molecular weight excluding hydrogens is 218 g/mol. The van der Waals surface area contributed by atoms with Crippen molar-refractivity contribution < 1.29 is 9.53 Å². The summed E-state index contributed by atoms with van der Waals surface area (Å²) < 4.78 is 5.10. The van der Waals surface area contributed by atoms with Crippen LogP contribution in [-0.2, 0) is 4.79 Å². The lowest BCUT2D eigenvalue weighted by atomic mass is 10.3. The Morgan fingerprint density at radius 3 is 2.67 bits per heavy atom. The minimum Gasteiger partial charge on any atom is -0.482 e. The number of rotatable bonds is 3. The zero-order valence-corrected chi connectivity index (χ0v) is 8.57. The van der Waals surface area contributed by atoms with E-state index in [9.17, 15) is 4.79 Å². The zero-order valence-electron chi connectivity index (χ0n) is 7.81. The molecule has 15 heavy (non-hydrogen) atoms. The third kappa shape index (κ3) is 3.86. The van der Waals surface area contributed by atoms with Crippen LogP contribution in [0, 0.1) is 0 Å². The van der Waals surface area contributed by atoms with Crippen LogP contribution in [0.15, 0.2) is 29.3 Å². The SMILES string of the molecule is NC(N)=NC(=O)COc1ccccc1Cl. The summed E-state index contributed by atoms with van der Waals surface area (Å²) in [5.41, 5.74) is 10.0. The molecule has 1 aromatic carbocycles. The molecule has 0 aliphatic rings. The van der Waals surface area contributed by atoms with Gasteiger partial charge in [0.1, 0.15) is 5.75 Å². The molecule has 0 spiro atoms. The van der Waals surface area contributed by atoms with Crippen molar-refractivity contribution in [2.24, 2.45) is 16.5 Å². The molecule has 80 valence electrons. The first kappa shape index (κ1) is 11.3. The average molecular weight is 228 g/mol. The maximum absolute atomic E-state index is 11.0. The van der Waals surface area contributed by atoms with Gasteiger partial charge in [-0.3, -0.25) is 4.79 Å². The van der Waals surface area contributed by atoms with E-state index in [2.05, 4.69) is 4.99 Å². The number of nitrogens with two attached hydrogens (primary N) is 2. The number of guanidine groups is 1. The molecule has 1 amide bonds. The number of benzene rings is 1. The van der Waals surface area contributed by atoms with E-state index in [4.69, 9.17) is 27.8 Å². The van der Waals surface area contributed by atoms with E-state index in [1.165, 1.54) is 0 Å². The van der Waals surface area contributed by atoms with Gasteiger partial charge < -0.3 is 16.2 Å². The first-order valence-corrected chi connectivity index (χ1v) is 4.47. The van der Waals surface area contributed by atoms with Gasteiger partial charge in [-0.1, -0.05) is 23.7 Å². The number of halogens is 1. The lowest BCUT2D eigenvalue weighted by Gasteiger charge is -2.04. The standard InChI is InChI=1S/C9H10ClN3O2/c10-6-3-1-2-4-7(6)15-5-8(14)13-9(11)12/h1-4H,5H2,(H4,11,12,13,14). The summed E-state index contributed by atoms with van der Waals surface area (Å²) in [4.78, 5) is 14.3. The second-order valence-corrected chi connectivity index (χ2v) is 3.06. The van der Waals surface area contributed by atoms with Crippen molar-refractivity contribution in [3.8, 4) is 5.75 Å². The number of hydrogen-bond donors (Lipinski definition) is 2. The first-order valence-electron chi connectivity index (χ1n) is 4.09. The fourth-order valence-corrected chi connectivity index (χ4v) is 1.07. The number of para-hydroxylation sites is 1. The molecule has 0 atom stereocenters. The van der Waals surface area contributed by atoms with Gasteiger partial charge in [-0.25, -0.2) is 0 Å². The number of amides is 1. The zero-order chi connectivity index (χ0) is 11.3. The van der Waals surface area contributed by atoms with E-state index in [0.29, 0.717) is 10.8 Å². The van der Waals surface area contributed by atoms with Crippen LogP contribution in [-0.4, -0.2) is 18.5 Å². The molecule has 0 aromatic heterocycles. The normalized spacial score (nSPS) is 9.40. The molecule has 6 heteroatoms. The van der Waals surface area contributed by atoms with Gasteiger partial charge in [0.2, 0.25) is 0 Å². The van der Waals surface area contributed by atoms with E-state index in [0.717, 1.165) is 0 Å². The van der Waals surface area contributed by atoms with Crippen LogP contribution in [0.25, 0.3) is 0 Å². The Balaban J connectivity index is 2.55. The van der Waals surface area contributed by atoms with E-state index >= 15 is 0 Å². The van der Waals surface area contributed by atoms with Crippen molar-refractivity contribution in [3.05, 3.63) is 29.3 Å². The summed E-state index contributed by atoms with van der Waals surface area (Å²) in [5, 5.41) is 0.426. The third-order valence-corrected chi connectivity index (χ3v) is 1.75. The number of nitrogens with zero attached hydrogens (tertiary/aromatic N) is 1. The van der Waals surface area contributed by atoms with Crippen molar-refractivity contribution >= 4 is 23.5 Å². The maximum atomic E-state index is 11.0. The van der Waals surface area contributed by atoms with Gasteiger partial charge in [-0.05, 0) is 12.1 Å². The Hall–Kier alpha value is -1.75. The summed E-state index contributed by atoms with van der Waals surface area (Å²) >= 11 is 5.79. The molecule has 0 saturated heterocycles. The smallest absolute Gasteiger partial charge is 0.286 e. The van der Waals surface area contributed by atoms with Crippen LogP contribution in [0.2, 0.25) is 5.02 Å². The van der Waals surface area contributed by atoms with Crippen LogP contribution in [0.3, 0.4) is 0 Å². The molecule has 5 nitrogen and oxygen atoms in total. The molecule has 4 N–H and O–H groups in total. The number of aliphatic imine (C=N–C) groups is 1. The van der Waals surface area contributed by atoms with Crippen LogP contribution in [0.4, 0.5) is 0 Å². The van der Waals surface area contributed by atoms with Gasteiger partial charge >= 0.3 is 0 Å². The van der Waals surface area contributed by atoms with Crippen LogP contribution < -0.4 is 16.2 Å². The predicted molar refractivity (Wildman–Crippen MR) is 57.8 cm³/mol. The van der Waals surface area contributed by atoms with E-state index < -0.39 is 5.91 Å². The van der Waals surface area contributed by atoms with Gasteiger partial charge in [0.05, 0.1) is 5.02 Å². The first-order chi connectivity index (χ1) is 7.09. The van der Waals surface area contributed by atoms with E-state index in [-0.39, 0.29) is 12.6 Å². The Bertz CT molecular complexity index is 389. The van der Waals surface area contributed by atoms with Crippen LogP contribution in [0.5, 0.6) is 5.75 Å². The molecule has 0 aliphatic carbocycles. The molecule has 0 heterocycles. The van der Waals surface area contributed by atoms with Crippen LogP contribution in [0.1, 0.15) is 0 Å². The third-order valence-electron chi connectivity index (χ3n) is 1.44. The summed E-state index contributed by atoms with van der Waals surface area (Å²) in [6, 6.07) is 6.80. The molecule has 0 bridgehead atoms. The number of ether oxygens (including phenoxy) is 1. The monoisotopic (exact) mass is 227 g/mol. The highest BCUT2D eigenvalue weighted by Crippen LogP contribution is 2.22. The molecule has 0 unspecified atom stereocenters. The largest absolute Gasteiger partial charge is 0.482 e. The van der Waals surface area contributed by atoms with Crippen molar-refractivity contribution in [2.75, 3.05) is 6.61 Å². The number of hydrogen-bond acceptors (Lipinski definition) is 2. The predicted octanol–water partition coefficient (Wildman–Crippen LogP) is 0.519. The second kappa shape index (κ2) is 5.21. The fourth-order valence-electron chi connectivity index (χ4n) is 0.878. The molecule has 0 saturated carbocycles. The average Bonchev–Trinajstić information content (AvgIpc) is 2.15. The van der Waals surface area contributed by atoms with Gasteiger partial charge in [0.25, 0.3) is 5.91 Å². The molecule has 0 fully saturated rings. The van der Waals surface area contributed by atoms with Crippen molar-refractivity contribution in [3.63, 3.8) is 0 Å². The molecule has 1 rings (SSSR count). The molecule has 0 radical (unpaired) electrons. The number of carbonyl (C=O) groups excluding carboxylic acids is 1. The summed E-state index contributed by atoms with van der Waals surface area (Å²) in [7, 11) is 0. The van der Waals surface area contributed by atoms with Gasteiger partial charge in [-0.2, -0.15) is 4.99 Å². The fraction of sp³-hybridized carbons (Fsp3) is 0.111.